The molecule has 2 unspecified atom stereocenters. The van der Waals surface area contributed by atoms with Gasteiger partial charge in [-0.15, -0.1) is 11.3 Å². The molecule has 0 radical (unpaired) electrons. The predicted molar refractivity (Wildman–Crippen MR) is 73.3 cm³/mol. The zero-order valence-corrected chi connectivity index (χ0v) is 11.4. The Morgan fingerprint density at radius 2 is 2.35 bits per heavy atom. The van der Waals surface area contributed by atoms with Crippen molar-refractivity contribution in [3.63, 3.8) is 0 Å². The highest BCUT2D eigenvalue weighted by molar-refractivity contribution is 7.10. The molecule has 0 aromatic carbocycles. The van der Waals surface area contributed by atoms with E-state index in [4.69, 9.17) is 5.73 Å². The lowest BCUT2D eigenvalue weighted by molar-refractivity contribution is 0.0630. The Kier molecular flexibility index (Phi) is 3.24. The minimum Gasteiger partial charge on any atom is -0.329 e. The summed E-state index contributed by atoms with van der Waals surface area (Å²) in [7, 11) is 0. The highest BCUT2D eigenvalue weighted by Crippen LogP contribution is 2.39. The van der Waals surface area contributed by atoms with E-state index in [9.17, 15) is 0 Å². The van der Waals surface area contributed by atoms with Crippen LogP contribution in [0.15, 0.2) is 11.4 Å². The number of hydrogen-bond donors (Lipinski definition) is 1. The van der Waals surface area contributed by atoms with Crippen molar-refractivity contribution < 1.29 is 0 Å². The van der Waals surface area contributed by atoms with E-state index in [1.165, 1.54) is 32.2 Å². The fourth-order valence-electron chi connectivity index (χ4n) is 3.41. The van der Waals surface area contributed by atoms with Crippen LogP contribution in [-0.2, 0) is 6.42 Å². The third kappa shape index (κ3) is 1.94. The van der Waals surface area contributed by atoms with E-state index in [0.29, 0.717) is 12.1 Å². The fourth-order valence-corrected chi connectivity index (χ4v) is 4.37. The molecule has 0 spiro atoms. The van der Waals surface area contributed by atoms with Crippen LogP contribution in [0, 0.1) is 5.92 Å². The molecule has 1 aromatic heterocycles. The van der Waals surface area contributed by atoms with Crippen LogP contribution in [0.25, 0.3) is 0 Å². The lowest BCUT2D eigenvalue weighted by atomic mass is 9.78. The maximum atomic E-state index is 6.03. The van der Waals surface area contributed by atoms with Gasteiger partial charge < -0.3 is 5.73 Å². The van der Waals surface area contributed by atoms with Gasteiger partial charge in [-0.05, 0) is 49.1 Å². The van der Waals surface area contributed by atoms with Gasteiger partial charge in [0, 0.05) is 30.1 Å². The van der Waals surface area contributed by atoms with Crippen LogP contribution in [0.5, 0.6) is 0 Å². The number of fused-ring (bicyclic) bond motifs is 1. The van der Waals surface area contributed by atoms with Crippen LogP contribution < -0.4 is 5.73 Å². The summed E-state index contributed by atoms with van der Waals surface area (Å²) in [5.74, 6) is 0.864. The summed E-state index contributed by atoms with van der Waals surface area (Å²) < 4.78 is 0. The molecule has 2 atom stereocenters. The van der Waals surface area contributed by atoms with Gasteiger partial charge in [0.15, 0.2) is 0 Å². The Bertz CT molecular complexity index is 383. The Hall–Kier alpha value is -0.380. The van der Waals surface area contributed by atoms with Gasteiger partial charge in [-0.2, -0.15) is 0 Å². The monoisotopic (exact) mass is 250 g/mol. The van der Waals surface area contributed by atoms with Gasteiger partial charge in [-0.25, -0.2) is 0 Å². The SMILES string of the molecule is CC1c2ccsc2CCN1C(CN)C1CCC1. The standard InChI is InChI=1S/C14H22N2S/c1-10-12-6-8-17-14(12)5-7-16(10)13(9-15)11-3-2-4-11/h6,8,10-11,13H,2-5,7,9,15H2,1H3. The van der Waals surface area contributed by atoms with Crippen molar-refractivity contribution in [2.24, 2.45) is 11.7 Å². The number of rotatable bonds is 3. The van der Waals surface area contributed by atoms with Crippen molar-refractivity contribution in [3.8, 4) is 0 Å². The van der Waals surface area contributed by atoms with Gasteiger partial charge in [0.1, 0.15) is 0 Å². The second kappa shape index (κ2) is 4.71. The van der Waals surface area contributed by atoms with Gasteiger partial charge in [0.05, 0.1) is 0 Å². The minimum absolute atomic E-state index is 0.569. The van der Waals surface area contributed by atoms with E-state index in [1.807, 2.05) is 11.3 Å². The smallest absolute Gasteiger partial charge is 0.0334 e. The van der Waals surface area contributed by atoms with Crippen LogP contribution in [0.4, 0.5) is 0 Å². The van der Waals surface area contributed by atoms with Crippen molar-refractivity contribution >= 4 is 11.3 Å². The quantitative estimate of drug-likeness (QED) is 0.894. The number of nitrogens with two attached hydrogens (primary N) is 1. The first-order valence-corrected chi connectivity index (χ1v) is 7.71. The molecule has 3 heteroatoms. The predicted octanol–water partition coefficient (Wildman–Crippen LogP) is 2.79. The van der Waals surface area contributed by atoms with Gasteiger partial charge in [-0.1, -0.05) is 6.42 Å². The highest BCUT2D eigenvalue weighted by Gasteiger charge is 2.35. The van der Waals surface area contributed by atoms with Gasteiger partial charge in [0.25, 0.3) is 0 Å². The third-order valence-electron chi connectivity index (χ3n) is 4.69. The van der Waals surface area contributed by atoms with Crippen LogP contribution in [0.1, 0.15) is 42.7 Å². The molecule has 0 saturated heterocycles. The molecule has 2 nitrogen and oxygen atoms in total. The molecular weight excluding hydrogens is 228 g/mol. The first-order valence-electron chi connectivity index (χ1n) is 6.83. The summed E-state index contributed by atoms with van der Waals surface area (Å²) in [5, 5.41) is 2.24. The summed E-state index contributed by atoms with van der Waals surface area (Å²) in [4.78, 5) is 4.26. The minimum atomic E-state index is 0.569. The van der Waals surface area contributed by atoms with Crippen molar-refractivity contribution in [1.29, 1.82) is 0 Å². The molecule has 2 heterocycles. The lowest BCUT2D eigenvalue weighted by Gasteiger charge is -2.45. The van der Waals surface area contributed by atoms with E-state index in [1.54, 1.807) is 10.4 Å². The van der Waals surface area contributed by atoms with Crippen molar-refractivity contribution in [2.75, 3.05) is 13.1 Å². The van der Waals surface area contributed by atoms with E-state index in [0.717, 1.165) is 12.5 Å². The van der Waals surface area contributed by atoms with Crippen LogP contribution in [-0.4, -0.2) is 24.0 Å². The molecule has 1 aliphatic carbocycles. The molecule has 1 fully saturated rings. The van der Waals surface area contributed by atoms with Crippen molar-refractivity contribution in [3.05, 3.63) is 21.9 Å². The number of nitrogens with zero attached hydrogens (tertiary/aromatic N) is 1. The molecule has 1 aromatic rings. The lowest BCUT2D eigenvalue weighted by Crippen LogP contribution is -2.50. The summed E-state index contributed by atoms with van der Waals surface area (Å²) in [6.45, 7) is 4.38. The van der Waals surface area contributed by atoms with E-state index in [2.05, 4.69) is 23.3 Å². The maximum absolute atomic E-state index is 6.03. The second-order valence-corrected chi connectivity index (χ2v) is 6.46. The third-order valence-corrected chi connectivity index (χ3v) is 5.68. The van der Waals surface area contributed by atoms with Gasteiger partial charge >= 0.3 is 0 Å². The van der Waals surface area contributed by atoms with Gasteiger partial charge in [0.2, 0.25) is 0 Å². The van der Waals surface area contributed by atoms with E-state index < -0.39 is 0 Å². The first-order chi connectivity index (χ1) is 8.31. The number of hydrogen-bond acceptors (Lipinski definition) is 3. The van der Waals surface area contributed by atoms with E-state index >= 15 is 0 Å². The summed E-state index contributed by atoms with van der Waals surface area (Å²) in [6.07, 6.45) is 5.41. The summed E-state index contributed by atoms with van der Waals surface area (Å²) >= 11 is 1.92. The average molecular weight is 250 g/mol. The molecule has 1 aliphatic heterocycles. The summed E-state index contributed by atoms with van der Waals surface area (Å²) in [6, 6.07) is 3.50. The zero-order chi connectivity index (χ0) is 11.8. The second-order valence-electron chi connectivity index (χ2n) is 5.46. The molecule has 0 bridgehead atoms. The van der Waals surface area contributed by atoms with Crippen LogP contribution >= 0.6 is 11.3 Å². The number of thiophene rings is 1. The molecule has 1 saturated carbocycles. The maximum Gasteiger partial charge on any atom is 0.0334 e. The molecule has 3 rings (SSSR count). The molecule has 2 N–H and O–H groups in total. The summed E-state index contributed by atoms with van der Waals surface area (Å²) in [5.41, 5.74) is 7.59. The van der Waals surface area contributed by atoms with Crippen LogP contribution in [0.2, 0.25) is 0 Å². The zero-order valence-electron chi connectivity index (χ0n) is 10.6. The average Bonchev–Trinajstić information content (AvgIpc) is 2.73. The Morgan fingerprint density at radius 1 is 1.53 bits per heavy atom. The Morgan fingerprint density at radius 3 is 3.00 bits per heavy atom. The topological polar surface area (TPSA) is 29.3 Å². The largest absolute Gasteiger partial charge is 0.329 e. The molecule has 2 aliphatic rings. The first kappa shape index (κ1) is 11.7. The van der Waals surface area contributed by atoms with Crippen molar-refractivity contribution in [1.82, 2.24) is 4.90 Å². The molecule has 94 valence electrons. The molecule has 0 amide bonds. The molecular formula is C14H22N2S. The fraction of sp³-hybridized carbons (Fsp3) is 0.714. The Balaban J connectivity index is 1.80. The molecule has 17 heavy (non-hydrogen) atoms. The Labute approximate surface area is 108 Å². The van der Waals surface area contributed by atoms with Crippen LogP contribution in [0.3, 0.4) is 0 Å². The van der Waals surface area contributed by atoms with E-state index in [-0.39, 0.29) is 0 Å². The highest BCUT2D eigenvalue weighted by atomic mass is 32.1. The van der Waals surface area contributed by atoms with Gasteiger partial charge in [-0.3, -0.25) is 4.90 Å². The normalized spacial score (nSPS) is 27.5. The van der Waals surface area contributed by atoms with Crippen molar-refractivity contribution in [2.45, 2.75) is 44.7 Å².